The van der Waals surface area contributed by atoms with Crippen molar-refractivity contribution in [2.45, 2.75) is 31.7 Å². The van der Waals surface area contributed by atoms with Crippen LogP contribution in [0.5, 0.6) is 0 Å². The summed E-state index contributed by atoms with van der Waals surface area (Å²) in [4.78, 5) is 40.3. The first-order valence-corrected chi connectivity index (χ1v) is 11.0. The fraction of sp³-hybridized carbons (Fsp3) is 0.409. The number of nitrogens with one attached hydrogen (secondary N) is 1. The zero-order valence-corrected chi connectivity index (χ0v) is 17.9. The molecule has 2 aliphatic rings. The second-order valence-corrected chi connectivity index (χ2v) is 8.36. The van der Waals surface area contributed by atoms with Crippen molar-refractivity contribution in [2.24, 2.45) is 0 Å². The Bertz CT molecular complexity index is 1230. The molecule has 1 amide bonds. The lowest BCUT2D eigenvalue weighted by Crippen LogP contribution is -2.48. The minimum atomic E-state index is -0.899. The van der Waals surface area contributed by atoms with E-state index in [1.807, 2.05) is 6.07 Å². The average molecular weight is 453 g/mol. The molecule has 0 unspecified atom stereocenters. The molecule has 10 nitrogen and oxygen atoms in total. The molecule has 1 aliphatic heterocycles. The number of pyridine rings is 2. The van der Waals surface area contributed by atoms with Gasteiger partial charge < -0.3 is 20.2 Å². The predicted molar refractivity (Wildman–Crippen MR) is 121 cm³/mol. The van der Waals surface area contributed by atoms with Gasteiger partial charge in [-0.2, -0.15) is 4.98 Å². The fourth-order valence-corrected chi connectivity index (χ4v) is 4.57. The zero-order valence-electron chi connectivity index (χ0n) is 17.9. The SMILES string of the molecule is O=C(O)N1CCN(c2ccc(Nc3ncc4cc(F)c(=O)n(C5CCCC5)c4n3)nc2)CC1. The molecule has 0 spiro atoms. The highest BCUT2D eigenvalue weighted by atomic mass is 19.1. The number of rotatable bonds is 4. The largest absolute Gasteiger partial charge is 0.465 e. The van der Waals surface area contributed by atoms with Crippen molar-refractivity contribution in [3.8, 4) is 0 Å². The van der Waals surface area contributed by atoms with Crippen molar-refractivity contribution < 1.29 is 14.3 Å². The van der Waals surface area contributed by atoms with Gasteiger partial charge in [-0.25, -0.2) is 19.2 Å². The molecule has 11 heteroatoms. The van der Waals surface area contributed by atoms with Crippen LogP contribution >= 0.6 is 0 Å². The number of nitrogens with zero attached hydrogens (tertiary/aromatic N) is 6. The van der Waals surface area contributed by atoms with Crippen LogP contribution in [-0.4, -0.2) is 61.8 Å². The molecular formula is C22H24FN7O3. The number of carboxylic acid groups (broad SMARTS) is 1. The Balaban J connectivity index is 1.36. The number of carbonyl (C=O) groups is 1. The van der Waals surface area contributed by atoms with Crippen molar-refractivity contribution in [3.05, 3.63) is 46.8 Å². The number of piperazine rings is 1. The van der Waals surface area contributed by atoms with Crippen molar-refractivity contribution in [1.29, 1.82) is 0 Å². The number of anilines is 3. The van der Waals surface area contributed by atoms with E-state index in [2.05, 4.69) is 25.2 Å². The Morgan fingerprint density at radius 2 is 1.85 bits per heavy atom. The van der Waals surface area contributed by atoms with Crippen LogP contribution in [0.2, 0.25) is 0 Å². The van der Waals surface area contributed by atoms with Gasteiger partial charge in [-0.1, -0.05) is 12.8 Å². The molecule has 33 heavy (non-hydrogen) atoms. The molecule has 0 radical (unpaired) electrons. The first kappa shape index (κ1) is 21.1. The molecule has 1 saturated carbocycles. The van der Waals surface area contributed by atoms with E-state index >= 15 is 0 Å². The molecule has 3 aromatic heterocycles. The van der Waals surface area contributed by atoms with Crippen LogP contribution in [0.15, 0.2) is 35.4 Å². The summed E-state index contributed by atoms with van der Waals surface area (Å²) in [5.41, 5.74) is 0.666. The van der Waals surface area contributed by atoms with E-state index in [9.17, 15) is 14.0 Å². The molecule has 4 heterocycles. The van der Waals surface area contributed by atoms with Gasteiger partial charge in [0.2, 0.25) is 5.95 Å². The van der Waals surface area contributed by atoms with E-state index < -0.39 is 17.5 Å². The summed E-state index contributed by atoms with van der Waals surface area (Å²) in [5, 5.41) is 12.6. The maximum atomic E-state index is 14.2. The highest BCUT2D eigenvalue weighted by Crippen LogP contribution is 2.30. The Labute approximate surface area is 188 Å². The third kappa shape index (κ3) is 4.18. The fourth-order valence-electron chi connectivity index (χ4n) is 4.57. The Hall–Kier alpha value is -3.76. The maximum absolute atomic E-state index is 14.2. The van der Waals surface area contributed by atoms with Gasteiger partial charge >= 0.3 is 6.09 Å². The summed E-state index contributed by atoms with van der Waals surface area (Å²) in [6.45, 7) is 2.10. The number of halogens is 1. The second-order valence-electron chi connectivity index (χ2n) is 8.36. The summed E-state index contributed by atoms with van der Waals surface area (Å²) < 4.78 is 15.7. The van der Waals surface area contributed by atoms with Crippen LogP contribution in [-0.2, 0) is 0 Å². The van der Waals surface area contributed by atoms with Crippen molar-refractivity contribution in [3.63, 3.8) is 0 Å². The lowest BCUT2D eigenvalue weighted by atomic mass is 10.2. The number of hydrogen-bond acceptors (Lipinski definition) is 7. The summed E-state index contributed by atoms with van der Waals surface area (Å²) in [5.74, 6) is 0.00915. The minimum absolute atomic E-state index is 0.0579. The third-order valence-electron chi connectivity index (χ3n) is 6.32. The molecule has 2 fully saturated rings. The number of aromatic nitrogens is 4. The van der Waals surface area contributed by atoms with E-state index in [-0.39, 0.29) is 12.0 Å². The van der Waals surface area contributed by atoms with Crippen LogP contribution in [0.4, 0.5) is 26.6 Å². The Kier molecular flexibility index (Phi) is 5.53. The summed E-state index contributed by atoms with van der Waals surface area (Å²) in [7, 11) is 0. The Morgan fingerprint density at radius 3 is 2.52 bits per heavy atom. The monoisotopic (exact) mass is 453 g/mol. The van der Waals surface area contributed by atoms with Gasteiger partial charge in [0.15, 0.2) is 5.82 Å². The first-order chi connectivity index (χ1) is 16.0. The summed E-state index contributed by atoms with van der Waals surface area (Å²) in [6, 6.07) is 4.82. The molecule has 0 bridgehead atoms. The molecule has 3 aromatic rings. The van der Waals surface area contributed by atoms with Gasteiger partial charge in [0.1, 0.15) is 11.5 Å². The predicted octanol–water partition coefficient (Wildman–Crippen LogP) is 2.98. The first-order valence-electron chi connectivity index (χ1n) is 11.0. The smallest absolute Gasteiger partial charge is 0.407 e. The van der Waals surface area contributed by atoms with Crippen molar-refractivity contribution in [2.75, 3.05) is 36.4 Å². The summed E-state index contributed by atoms with van der Waals surface area (Å²) >= 11 is 0. The van der Waals surface area contributed by atoms with E-state index in [4.69, 9.17) is 5.11 Å². The highest BCUT2D eigenvalue weighted by Gasteiger charge is 2.23. The van der Waals surface area contributed by atoms with E-state index in [1.165, 1.54) is 21.7 Å². The van der Waals surface area contributed by atoms with Gasteiger partial charge in [0.05, 0.1) is 11.9 Å². The van der Waals surface area contributed by atoms with Gasteiger partial charge in [-0.3, -0.25) is 9.36 Å². The van der Waals surface area contributed by atoms with Crippen LogP contribution in [0, 0.1) is 5.82 Å². The van der Waals surface area contributed by atoms with Gasteiger partial charge in [-0.15, -0.1) is 0 Å². The normalized spacial score (nSPS) is 17.0. The van der Waals surface area contributed by atoms with Gasteiger partial charge in [0, 0.05) is 43.8 Å². The summed E-state index contributed by atoms with van der Waals surface area (Å²) in [6.07, 6.45) is 5.99. The maximum Gasteiger partial charge on any atom is 0.407 e. The number of fused-ring (bicyclic) bond motifs is 1. The van der Waals surface area contributed by atoms with Crippen LogP contribution < -0.4 is 15.8 Å². The zero-order chi connectivity index (χ0) is 22.9. The molecule has 2 N–H and O–H groups in total. The van der Waals surface area contributed by atoms with E-state index in [0.717, 1.165) is 31.4 Å². The Morgan fingerprint density at radius 1 is 1.09 bits per heavy atom. The third-order valence-corrected chi connectivity index (χ3v) is 6.32. The lowest BCUT2D eigenvalue weighted by Gasteiger charge is -2.34. The lowest BCUT2D eigenvalue weighted by molar-refractivity contribution is 0.142. The molecular weight excluding hydrogens is 429 g/mol. The molecule has 1 aliphatic carbocycles. The molecule has 0 aromatic carbocycles. The van der Waals surface area contributed by atoms with E-state index in [0.29, 0.717) is 43.0 Å². The van der Waals surface area contributed by atoms with Gasteiger partial charge in [-0.05, 0) is 31.0 Å². The second kappa shape index (κ2) is 8.64. The highest BCUT2D eigenvalue weighted by molar-refractivity contribution is 5.76. The van der Waals surface area contributed by atoms with Crippen LogP contribution in [0.1, 0.15) is 31.7 Å². The average Bonchev–Trinajstić information content (AvgIpc) is 3.35. The van der Waals surface area contributed by atoms with E-state index in [1.54, 1.807) is 12.3 Å². The van der Waals surface area contributed by atoms with Crippen molar-refractivity contribution >= 4 is 34.6 Å². The molecule has 172 valence electrons. The minimum Gasteiger partial charge on any atom is -0.465 e. The van der Waals surface area contributed by atoms with Crippen LogP contribution in [0.3, 0.4) is 0 Å². The topological polar surface area (TPSA) is 116 Å². The quantitative estimate of drug-likeness (QED) is 0.619. The standard InChI is InChI=1S/C22H24FN7O3/c23-17-11-14-12-25-21(27-19(14)30(20(17)31)15-3-1-2-4-15)26-18-6-5-16(13-24-18)28-7-9-29(10-8-28)22(32)33/h5-6,11-13,15H,1-4,7-10H2,(H,32,33)(H,24,25,26,27). The molecule has 5 rings (SSSR count). The molecule has 1 saturated heterocycles. The van der Waals surface area contributed by atoms with Crippen LogP contribution in [0.25, 0.3) is 11.0 Å². The van der Waals surface area contributed by atoms with Gasteiger partial charge in [0.25, 0.3) is 5.56 Å². The molecule has 0 atom stereocenters. The number of hydrogen-bond donors (Lipinski definition) is 2. The number of amides is 1. The van der Waals surface area contributed by atoms with Crippen molar-refractivity contribution in [1.82, 2.24) is 24.4 Å².